The molecule has 0 heterocycles. The Labute approximate surface area is 152 Å². The Bertz CT molecular complexity index is 899. The SMILES string of the molecule is O=C(COc1cccc(F)c1)Nc1ccc(S(=O)(=O)NCC(F)(F)F)cc1. The quantitative estimate of drug-likeness (QED) is 0.693. The molecule has 2 aromatic carbocycles. The summed E-state index contributed by atoms with van der Waals surface area (Å²) in [7, 11) is -4.33. The van der Waals surface area contributed by atoms with Gasteiger partial charge in [-0.2, -0.15) is 13.2 Å². The van der Waals surface area contributed by atoms with Crippen LogP contribution in [0.4, 0.5) is 23.2 Å². The van der Waals surface area contributed by atoms with E-state index in [2.05, 4.69) is 5.32 Å². The zero-order valence-corrected chi connectivity index (χ0v) is 14.4. The predicted molar refractivity (Wildman–Crippen MR) is 88.2 cm³/mol. The lowest BCUT2D eigenvalue weighted by Crippen LogP contribution is -2.33. The molecule has 0 saturated carbocycles. The molecule has 11 heteroatoms. The van der Waals surface area contributed by atoms with Gasteiger partial charge in [-0.05, 0) is 36.4 Å². The molecular formula is C16H14F4N2O4S. The van der Waals surface area contributed by atoms with Crippen molar-refractivity contribution in [3.63, 3.8) is 0 Å². The summed E-state index contributed by atoms with van der Waals surface area (Å²) < 4.78 is 79.4. The Morgan fingerprint density at radius 2 is 1.74 bits per heavy atom. The Hall–Kier alpha value is -2.66. The summed E-state index contributed by atoms with van der Waals surface area (Å²) >= 11 is 0. The molecule has 0 aliphatic rings. The van der Waals surface area contributed by atoms with Crippen LogP contribution in [0.5, 0.6) is 5.75 Å². The largest absolute Gasteiger partial charge is 0.484 e. The van der Waals surface area contributed by atoms with E-state index in [0.717, 1.165) is 18.2 Å². The number of nitrogens with one attached hydrogen (secondary N) is 2. The van der Waals surface area contributed by atoms with E-state index in [9.17, 15) is 30.8 Å². The van der Waals surface area contributed by atoms with Crippen LogP contribution in [0.1, 0.15) is 0 Å². The smallest absolute Gasteiger partial charge is 0.402 e. The molecule has 1 amide bonds. The first-order chi connectivity index (χ1) is 12.5. The highest BCUT2D eigenvalue weighted by Crippen LogP contribution is 2.17. The number of rotatable bonds is 7. The first-order valence-electron chi connectivity index (χ1n) is 7.40. The van der Waals surface area contributed by atoms with Crippen molar-refractivity contribution >= 4 is 21.6 Å². The van der Waals surface area contributed by atoms with Crippen molar-refractivity contribution in [1.29, 1.82) is 0 Å². The first-order valence-corrected chi connectivity index (χ1v) is 8.88. The number of carbonyl (C=O) groups excluding carboxylic acids is 1. The van der Waals surface area contributed by atoms with Crippen molar-refractivity contribution in [3.8, 4) is 5.75 Å². The topological polar surface area (TPSA) is 84.5 Å². The van der Waals surface area contributed by atoms with Gasteiger partial charge in [0.1, 0.15) is 18.1 Å². The lowest BCUT2D eigenvalue weighted by atomic mass is 10.3. The third-order valence-electron chi connectivity index (χ3n) is 3.08. The molecule has 0 aromatic heterocycles. The molecule has 0 aliphatic heterocycles. The van der Waals surface area contributed by atoms with E-state index in [1.54, 1.807) is 0 Å². The van der Waals surface area contributed by atoms with Crippen molar-refractivity contribution in [2.75, 3.05) is 18.5 Å². The molecule has 2 rings (SSSR count). The molecule has 146 valence electrons. The molecule has 0 spiro atoms. The molecule has 2 aromatic rings. The number of ether oxygens (including phenoxy) is 1. The highest BCUT2D eigenvalue weighted by atomic mass is 32.2. The van der Waals surface area contributed by atoms with Crippen LogP contribution < -0.4 is 14.8 Å². The Morgan fingerprint density at radius 3 is 2.33 bits per heavy atom. The lowest BCUT2D eigenvalue weighted by molar-refractivity contribution is -0.121. The van der Waals surface area contributed by atoms with Crippen molar-refractivity contribution in [3.05, 3.63) is 54.3 Å². The molecular weight excluding hydrogens is 392 g/mol. The summed E-state index contributed by atoms with van der Waals surface area (Å²) in [6.07, 6.45) is -4.68. The number of carbonyl (C=O) groups is 1. The molecule has 0 atom stereocenters. The Morgan fingerprint density at radius 1 is 1.07 bits per heavy atom. The van der Waals surface area contributed by atoms with Gasteiger partial charge in [-0.25, -0.2) is 17.5 Å². The maximum Gasteiger partial charge on any atom is 0.402 e. The van der Waals surface area contributed by atoms with Gasteiger partial charge in [0, 0.05) is 11.8 Å². The van der Waals surface area contributed by atoms with Gasteiger partial charge in [-0.15, -0.1) is 0 Å². The molecule has 0 unspecified atom stereocenters. The fourth-order valence-corrected chi connectivity index (χ4v) is 2.90. The number of anilines is 1. The van der Waals surface area contributed by atoms with Crippen molar-refractivity contribution in [2.45, 2.75) is 11.1 Å². The molecule has 6 nitrogen and oxygen atoms in total. The van der Waals surface area contributed by atoms with E-state index in [1.165, 1.54) is 35.1 Å². The van der Waals surface area contributed by atoms with E-state index in [0.29, 0.717) is 0 Å². The van der Waals surface area contributed by atoms with E-state index in [1.807, 2.05) is 0 Å². The van der Waals surface area contributed by atoms with Crippen LogP contribution in [0, 0.1) is 5.82 Å². The van der Waals surface area contributed by atoms with E-state index in [4.69, 9.17) is 4.74 Å². The van der Waals surface area contributed by atoms with E-state index in [-0.39, 0.29) is 16.3 Å². The number of benzene rings is 2. The number of hydrogen-bond donors (Lipinski definition) is 2. The van der Waals surface area contributed by atoms with Crippen LogP contribution in [0.15, 0.2) is 53.4 Å². The number of sulfonamides is 1. The van der Waals surface area contributed by atoms with E-state index >= 15 is 0 Å². The molecule has 0 radical (unpaired) electrons. The molecule has 2 N–H and O–H groups in total. The van der Waals surface area contributed by atoms with Gasteiger partial charge in [-0.3, -0.25) is 4.79 Å². The van der Waals surface area contributed by atoms with Gasteiger partial charge in [0.15, 0.2) is 6.61 Å². The zero-order valence-electron chi connectivity index (χ0n) is 13.6. The molecule has 27 heavy (non-hydrogen) atoms. The second-order valence-corrected chi connectivity index (χ2v) is 7.03. The maximum absolute atomic E-state index is 13.0. The summed E-state index contributed by atoms with van der Waals surface area (Å²) in [4.78, 5) is 11.4. The van der Waals surface area contributed by atoms with Crippen molar-refractivity contribution < 1.29 is 35.5 Å². The third kappa shape index (κ3) is 6.87. The van der Waals surface area contributed by atoms with E-state index < -0.39 is 41.1 Å². The Balaban J connectivity index is 1.92. The number of halogens is 4. The minimum absolute atomic E-state index is 0.155. The second-order valence-electron chi connectivity index (χ2n) is 5.26. The number of hydrogen-bond acceptors (Lipinski definition) is 4. The summed E-state index contributed by atoms with van der Waals surface area (Å²) in [6, 6.07) is 9.69. The van der Waals surface area contributed by atoms with Gasteiger partial charge in [0.25, 0.3) is 5.91 Å². The highest BCUT2D eigenvalue weighted by Gasteiger charge is 2.30. The van der Waals surface area contributed by atoms with Crippen LogP contribution >= 0.6 is 0 Å². The van der Waals surface area contributed by atoms with Gasteiger partial charge in [0.05, 0.1) is 4.90 Å². The van der Waals surface area contributed by atoms with Crippen LogP contribution in [-0.4, -0.2) is 33.7 Å². The van der Waals surface area contributed by atoms with Gasteiger partial charge in [0.2, 0.25) is 10.0 Å². The summed E-state index contributed by atoms with van der Waals surface area (Å²) in [5, 5.41) is 2.41. The zero-order chi connectivity index (χ0) is 20.1. The number of alkyl halides is 3. The summed E-state index contributed by atoms with van der Waals surface area (Å²) in [5.41, 5.74) is 0.206. The lowest BCUT2D eigenvalue weighted by Gasteiger charge is -2.10. The van der Waals surface area contributed by atoms with Crippen LogP contribution in [0.3, 0.4) is 0 Å². The fourth-order valence-electron chi connectivity index (χ4n) is 1.88. The standard InChI is InChI=1S/C16H14F4N2O4S/c17-11-2-1-3-13(8-11)26-9-15(23)22-12-4-6-14(7-5-12)27(24,25)21-10-16(18,19)20/h1-8,21H,9-10H2,(H,22,23). The van der Waals surface area contributed by atoms with Gasteiger partial charge < -0.3 is 10.1 Å². The molecule has 0 fully saturated rings. The minimum Gasteiger partial charge on any atom is -0.484 e. The minimum atomic E-state index is -4.68. The van der Waals surface area contributed by atoms with Crippen LogP contribution in [0.2, 0.25) is 0 Å². The second kappa shape index (κ2) is 8.35. The van der Waals surface area contributed by atoms with Crippen molar-refractivity contribution in [2.24, 2.45) is 0 Å². The van der Waals surface area contributed by atoms with Crippen molar-refractivity contribution in [1.82, 2.24) is 4.72 Å². The van der Waals surface area contributed by atoms with Crippen LogP contribution in [0.25, 0.3) is 0 Å². The maximum atomic E-state index is 13.0. The van der Waals surface area contributed by atoms with Crippen LogP contribution in [-0.2, 0) is 14.8 Å². The first kappa shape index (κ1) is 20.6. The average molecular weight is 406 g/mol. The van der Waals surface area contributed by atoms with Gasteiger partial charge >= 0.3 is 6.18 Å². The summed E-state index contributed by atoms with van der Waals surface area (Å²) in [6.45, 7) is -2.11. The monoisotopic (exact) mass is 406 g/mol. The number of amides is 1. The summed E-state index contributed by atoms with van der Waals surface area (Å²) in [5.74, 6) is -0.962. The van der Waals surface area contributed by atoms with Gasteiger partial charge in [-0.1, -0.05) is 6.07 Å². The third-order valence-corrected chi connectivity index (χ3v) is 4.49. The Kier molecular flexibility index (Phi) is 6.39. The molecule has 0 aliphatic carbocycles. The average Bonchev–Trinajstić information content (AvgIpc) is 2.58. The highest BCUT2D eigenvalue weighted by molar-refractivity contribution is 7.89. The molecule has 0 bridgehead atoms. The predicted octanol–water partition coefficient (Wildman–Crippen LogP) is 2.68. The molecule has 0 saturated heterocycles. The normalized spacial score (nSPS) is 11.9. The fraction of sp³-hybridized carbons (Fsp3) is 0.188.